The van der Waals surface area contributed by atoms with Crippen LogP contribution in [0.4, 0.5) is 28.4 Å². The largest absolute Gasteiger partial charge is 0.370 e. The molecule has 5 N–H and O–H groups in total. The Kier molecular flexibility index (Phi) is 8.95. The van der Waals surface area contributed by atoms with Crippen molar-refractivity contribution in [2.75, 3.05) is 11.2 Å². The van der Waals surface area contributed by atoms with Gasteiger partial charge in [-0.05, 0) is 72.8 Å². The fourth-order valence-corrected chi connectivity index (χ4v) is 6.02. The van der Waals surface area contributed by atoms with E-state index in [0.717, 1.165) is 12.1 Å². The third kappa shape index (κ3) is 8.45. The molecule has 4 aromatic rings. The zero-order valence-corrected chi connectivity index (χ0v) is 24.9. The number of anilines is 1. The quantitative estimate of drug-likeness (QED) is 0.112. The van der Waals surface area contributed by atoms with Gasteiger partial charge in [0.1, 0.15) is 15.7 Å². The summed E-state index contributed by atoms with van der Waals surface area (Å²) in [6.45, 7) is 0. The number of azo groups is 2. The lowest BCUT2D eigenvalue weighted by Crippen LogP contribution is -2.12. The van der Waals surface area contributed by atoms with E-state index in [1.165, 1.54) is 36.4 Å². The van der Waals surface area contributed by atoms with Crippen molar-refractivity contribution in [3.05, 3.63) is 72.8 Å². The Morgan fingerprint density at radius 1 is 0.500 bits per heavy atom. The van der Waals surface area contributed by atoms with Gasteiger partial charge in [0.25, 0.3) is 40.5 Å². The van der Waals surface area contributed by atoms with Crippen molar-refractivity contribution < 1.29 is 51.9 Å². The molecule has 0 spiro atoms. The summed E-state index contributed by atoms with van der Waals surface area (Å²) in [7, 11) is -19.6. The van der Waals surface area contributed by atoms with Crippen LogP contribution in [-0.2, 0) is 40.5 Å². The molecule has 0 fully saturated rings. The zero-order chi connectivity index (χ0) is 32.5. The molecule has 232 valence electrons. The molecule has 0 heterocycles. The molecule has 0 aromatic heterocycles. The summed E-state index contributed by atoms with van der Waals surface area (Å²) in [5.74, 6) is -0.663. The first-order valence-corrected chi connectivity index (χ1v) is 17.5. The van der Waals surface area contributed by atoms with Crippen molar-refractivity contribution in [2.24, 2.45) is 20.5 Å². The molecule has 0 aliphatic rings. The first-order chi connectivity index (χ1) is 20.3. The zero-order valence-electron chi connectivity index (χ0n) is 21.6. The summed E-state index contributed by atoms with van der Waals surface area (Å²) in [4.78, 5) is -3.11. The van der Waals surface area contributed by atoms with Crippen LogP contribution < -0.4 is 5.32 Å². The maximum atomic E-state index is 12.1. The molecule has 0 amide bonds. The topological polar surface area (TPSA) is 279 Å². The van der Waals surface area contributed by atoms with Crippen LogP contribution in [0.15, 0.2) is 108 Å². The lowest BCUT2D eigenvalue weighted by Gasteiger charge is -2.11. The first kappa shape index (κ1) is 32.7. The minimum atomic E-state index is -5.18. The minimum Gasteiger partial charge on any atom is -0.370 e. The van der Waals surface area contributed by atoms with Gasteiger partial charge < -0.3 is 5.32 Å². The smallest absolute Gasteiger partial charge is 0.295 e. The molecule has 0 unspecified atom stereocenters. The van der Waals surface area contributed by atoms with E-state index in [-0.39, 0.29) is 11.4 Å². The summed E-state index contributed by atoms with van der Waals surface area (Å²) in [5, 5.41) is 17.2. The summed E-state index contributed by atoms with van der Waals surface area (Å²) >= 11 is 0. The van der Waals surface area contributed by atoms with E-state index in [9.17, 15) is 47.3 Å². The van der Waals surface area contributed by atoms with Gasteiger partial charge in [-0.15, -0.1) is 0 Å². The van der Waals surface area contributed by atoms with Crippen molar-refractivity contribution in [1.29, 1.82) is 0 Å². The van der Waals surface area contributed by atoms with Crippen molar-refractivity contribution >= 4 is 79.7 Å². The van der Waals surface area contributed by atoms with Gasteiger partial charge >= 0.3 is 0 Å². The van der Waals surface area contributed by atoms with Crippen molar-refractivity contribution in [1.82, 2.24) is 0 Å². The second-order valence-corrected chi connectivity index (χ2v) is 14.4. The Bertz CT molecular complexity index is 2250. The van der Waals surface area contributed by atoms with E-state index in [1.807, 2.05) is 0 Å². The summed E-state index contributed by atoms with van der Waals surface area (Å²) in [6.07, 6.45) is 0. The highest BCUT2D eigenvalue weighted by atomic mass is 32.2. The molecule has 21 heteroatoms. The van der Waals surface area contributed by atoms with Crippen LogP contribution in [0.1, 0.15) is 0 Å². The second kappa shape index (κ2) is 12.0. The van der Waals surface area contributed by atoms with Crippen LogP contribution in [0.5, 0.6) is 0 Å². The van der Waals surface area contributed by atoms with Gasteiger partial charge in [-0.1, -0.05) is 0 Å². The molecule has 17 nitrogen and oxygen atoms in total. The normalized spacial score (nSPS) is 13.2. The lowest BCUT2D eigenvalue weighted by molar-refractivity contribution is 0.478. The number of hydrogen-bond acceptors (Lipinski definition) is 13. The van der Waals surface area contributed by atoms with Crippen LogP contribution in [0.3, 0.4) is 0 Å². The molecule has 0 bridgehead atoms. The molecule has 0 radical (unpaired) electrons. The van der Waals surface area contributed by atoms with Gasteiger partial charge in [0, 0.05) is 16.5 Å². The lowest BCUT2D eigenvalue weighted by atomic mass is 10.1. The maximum Gasteiger partial charge on any atom is 0.295 e. The van der Waals surface area contributed by atoms with Crippen molar-refractivity contribution in [3.8, 4) is 0 Å². The van der Waals surface area contributed by atoms with Crippen molar-refractivity contribution in [2.45, 2.75) is 14.7 Å². The second-order valence-electron chi connectivity index (χ2n) is 8.75. The Balaban J connectivity index is 1.62. The SMILES string of the molecule is O=S(=O)(O)CNc1ccc(N=Nc2ccc(N=Nc3cc(S(=O)(=O)O)c4cc(S(=O)(=O)O)cc(S(=O)(=O)O)c4c3)cc2)cc1. The molecule has 4 aromatic carbocycles. The number of benzene rings is 4. The Hall–Kier alpha value is -4.22. The Labute approximate surface area is 250 Å². The van der Waals surface area contributed by atoms with Gasteiger partial charge in [0.2, 0.25) is 0 Å². The standard InChI is InChI=1S/C23H19N5O12S4/c29-41(30,31)13-24-14-1-3-15(4-2-14)25-26-16-5-7-17(8-6-16)27-28-18-9-20-21(22(10-18)43(35,36)37)11-19(42(32,33)34)12-23(20)44(38,39)40/h1-12,24H,13H2,(H,29,30,31)(H,32,33,34)(H,35,36,37)(H,38,39,40). The highest BCUT2D eigenvalue weighted by Crippen LogP contribution is 2.36. The fraction of sp³-hybridized carbons (Fsp3) is 0.0435. The van der Waals surface area contributed by atoms with E-state index >= 15 is 0 Å². The Morgan fingerprint density at radius 3 is 1.34 bits per heavy atom. The van der Waals surface area contributed by atoms with Gasteiger partial charge in [0.15, 0.2) is 0 Å². The van der Waals surface area contributed by atoms with Crippen LogP contribution >= 0.6 is 0 Å². The maximum absolute atomic E-state index is 12.1. The highest BCUT2D eigenvalue weighted by molar-refractivity contribution is 7.87. The average Bonchev–Trinajstić information content (AvgIpc) is 2.92. The number of fused-ring (bicyclic) bond motifs is 1. The van der Waals surface area contributed by atoms with Gasteiger partial charge in [-0.25, -0.2) is 0 Å². The van der Waals surface area contributed by atoms with Gasteiger partial charge in [0.05, 0.1) is 27.6 Å². The fourth-order valence-electron chi connectivity index (χ4n) is 3.63. The van der Waals surface area contributed by atoms with Crippen molar-refractivity contribution in [3.63, 3.8) is 0 Å². The molecule has 44 heavy (non-hydrogen) atoms. The monoisotopic (exact) mass is 685 g/mol. The van der Waals surface area contributed by atoms with Gasteiger partial charge in [-0.2, -0.15) is 54.1 Å². The molecule has 0 atom stereocenters. The first-order valence-electron chi connectivity index (χ1n) is 11.6. The average molecular weight is 686 g/mol. The summed E-state index contributed by atoms with van der Waals surface area (Å²) < 4.78 is 131. The van der Waals surface area contributed by atoms with Crippen LogP contribution in [-0.4, -0.2) is 57.8 Å². The van der Waals surface area contributed by atoms with E-state index in [1.54, 1.807) is 12.1 Å². The third-order valence-corrected chi connectivity index (χ3v) is 8.67. The molecule has 4 rings (SSSR count). The van der Waals surface area contributed by atoms with E-state index in [0.29, 0.717) is 29.2 Å². The highest BCUT2D eigenvalue weighted by Gasteiger charge is 2.25. The third-order valence-electron chi connectivity index (χ3n) is 5.54. The molecule has 0 aliphatic heterocycles. The molecular weight excluding hydrogens is 667 g/mol. The van der Waals surface area contributed by atoms with E-state index in [2.05, 4.69) is 25.8 Å². The molecule has 0 saturated heterocycles. The number of rotatable bonds is 10. The number of hydrogen-bond donors (Lipinski definition) is 5. The Morgan fingerprint density at radius 2 is 0.909 bits per heavy atom. The van der Waals surface area contributed by atoms with E-state index in [4.69, 9.17) is 4.55 Å². The van der Waals surface area contributed by atoms with Gasteiger partial charge in [-0.3, -0.25) is 18.2 Å². The predicted octanol–water partition coefficient (Wildman–Crippen LogP) is 4.67. The number of nitrogens with zero attached hydrogens (tertiary/aromatic N) is 4. The van der Waals surface area contributed by atoms with Crippen LogP contribution in [0.2, 0.25) is 0 Å². The number of nitrogens with one attached hydrogen (secondary N) is 1. The minimum absolute atomic E-state index is 0.212. The van der Waals surface area contributed by atoms with Crippen LogP contribution in [0.25, 0.3) is 10.8 Å². The summed E-state index contributed by atoms with van der Waals surface area (Å²) in [6, 6.07) is 14.8. The molecule has 0 aliphatic carbocycles. The predicted molar refractivity (Wildman–Crippen MR) is 155 cm³/mol. The van der Waals surface area contributed by atoms with E-state index < -0.39 is 71.8 Å². The van der Waals surface area contributed by atoms with Crippen LogP contribution in [0, 0.1) is 0 Å². The molecule has 0 saturated carbocycles. The summed E-state index contributed by atoms with van der Waals surface area (Å²) in [5.41, 5.74) is 1.12. The molecular formula is C23H19N5O12S4.